The minimum absolute atomic E-state index is 0.160. The van der Waals surface area contributed by atoms with E-state index in [0.717, 1.165) is 77.0 Å². The number of rotatable bonds is 42. The Morgan fingerprint density at radius 1 is 0.481 bits per heavy atom. The van der Waals surface area contributed by atoms with Crippen molar-refractivity contribution in [3.8, 4) is 0 Å². The van der Waals surface area contributed by atoms with Gasteiger partial charge < -0.3 is 31.1 Å². The number of allylic oxidation sites excluding steroid dienone is 20. The molecule has 5 N–H and O–H groups in total. The van der Waals surface area contributed by atoms with Crippen LogP contribution in [0.1, 0.15) is 176 Å². The lowest BCUT2D eigenvalue weighted by molar-refractivity contribution is -0.145. The predicted octanol–water partition coefficient (Wildman–Crippen LogP) is 13.0. The number of hydrogen-bond acceptors (Lipinski definition) is 9. The summed E-state index contributed by atoms with van der Waals surface area (Å²) >= 11 is 0. The largest absolute Gasteiger partial charge is 0.480 e. The van der Waals surface area contributed by atoms with Gasteiger partial charge in [0.1, 0.15) is 12.1 Å². The molecule has 14 nitrogen and oxygen atoms in total. The van der Waals surface area contributed by atoms with Gasteiger partial charge in [-0.15, -0.1) is 0 Å². The van der Waals surface area contributed by atoms with Crippen LogP contribution < -0.4 is 21.3 Å². The fourth-order valence-electron chi connectivity index (χ4n) is 7.23. The summed E-state index contributed by atoms with van der Waals surface area (Å²) in [5.74, 6) is -2.30. The maximum atomic E-state index is 12.3. The molecule has 4 amide bonds. The molecule has 0 aliphatic rings. The molecule has 0 fully saturated rings. The SMILES string of the molecule is CC/C=C\C/C=C\C/C=C\C/C=C\C/C=C\CCCC(=O)N[C@@H](CCCCNC(=O)c1cccnc1)C(=O)O.CC/C=C\C/C=C\C/C=C\C/C=C\C/C=C\CCCC(=O)N[C@@H](CCCCNC(=O)c1cccnc1)C(=O)OC. The Hall–Kier alpha value is -7.48. The molecule has 0 radical (unpaired) electrons. The van der Waals surface area contributed by atoms with Crippen molar-refractivity contribution in [1.82, 2.24) is 31.2 Å². The molecular formula is C65H92N6O8. The third-order valence-corrected chi connectivity index (χ3v) is 11.6. The molecule has 2 aromatic rings. The Balaban J connectivity index is 0.000000790. The molecule has 0 saturated heterocycles. The van der Waals surface area contributed by atoms with Crippen molar-refractivity contribution in [2.24, 2.45) is 0 Å². The van der Waals surface area contributed by atoms with Gasteiger partial charge in [0.15, 0.2) is 0 Å². The zero-order valence-electron chi connectivity index (χ0n) is 47.5. The van der Waals surface area contributed by atoms with E-state index in [1.807, 2.05) is 0 Å². The molecule has 2 atom stereocenters. The van der Waals surface area contributed by atoms with E-state index in [0.29, 0.717) is 88.4 Å². The van der Waals surface area contributed by atoms with Crippen LogP contribution in [-0.4, -0.2) is 82.9 Å². The summed E-state index contributed by atoms with van der Waals surface area (Å²) in [6.07, 6.45) is 65.9. The molecule has 14 heteroatoms. The second-order valence-electron chi connectivity index (χ2n) is 18.3. The van der Waals surface area contributed by atoms with Crippen LogP contribution >= 0.6 is 0 Å². The number of carboxylic acid groups (broad SMARTS) is 1. The first-order chi connectivity index (χ1) is 38.6. The van der Waals surface area contributed by atoms with Crippen molar-refractivity contribution < 1.29 is 38.6 Å². The average molecular weight is 1090 g/mol. The Labute approximate surface area is 472 Å². The molecule has 2 aromatic heterocycles. The third kappa shape index (κ3) is 42.3. The summed E-state index contributed by atoms with van der Waals surface area (Å²) in [5.41, 5.74) is 0.990. The lowest BCUT2D eigenvalue weighted by atomic mass is 10.1. The second-order valence-corrected chi connectivity index (χ2v) is 18.3. The summed E-state index contributed by atoms with van der Waals surface area (Å²) in [6.45, 7) is 5.18. The molecule has 2 rings (SSSR count). The highest BCUT2D eigenvalue weighted by Crippen LogP contribution is 2.08. The summed E-state index contributed by atoms with van der Waals surface area (Å²) in [7, 11) is 1.32. The van der Waals surface area contributed by atoms with E-state index in [2.05, 4.69) is 167 Å². The number of nitrogens with one attached hydrogen (secondary N) is 4. The zero-order valence-corrected chi connectivity index (χ0v) is 47.5. The highest BCUT2D eigenvalue weighted by atomic mass is 16.5. The number of aliphatic carboxylic acids is 1. The fraction of sp³-hybridized carbons (Fsp3) is 0.446. The molecule has 2 heterocycles. The number of nitrogens with zero attached hydrogens (tertiary/aromatic N) is 2. The van der Waals surface area contributed by atoms with Crippen molar-refractivity contribution >= 4 is 35.6 Å². The van der Waals surface area contributed by atoms with E-state index >= 15 is 0 Å². The van der Waals surface area contributed by atoms with Crippen molar-refractivity contribution in [1.29, 1.82) is 0 Å². The van der Waals surface area contributed by atoms with Crippen molar-refractivity contribution in [3.63, 3.8) is 0 Å². The van der Waals surface area contributed by atoms with Gasteiger partial charge in [0.25, 0.3) is 11.8 Å². The summed E-state index contributed by atoms with van der Waals surface area (Å²) in [6, 6.07) is 5.19. The number of aromatic nitrogens is 2. The van der Waals surface area contributed by atoms with Crippen LogP contribution in [0, 0.1) is 0 Å². The third-order valence-electron chi connectivity index (χ3n) is 11.6. The van der Waals surface area contributed by atoms with Crippen LogP contribution in [0.5, 0.6) is 0 Å². The highest BCUT2D eigenvalue weighted by molar-refractivity contribution is 5.94. The molecule has 0 unspecified atom stereocenters. The van der Waals surface area contributed by atoms with Gasteiger partial charge in [-0.2, -0.15) is 0 Å². The number of methoxy groups -OCH3 is 1. The lowest BCUT2D eigenvalue weighted by Gasteiger charge is -2.16. The van der Waals surface area contributed by atoms with Crippen LogP contribution in [-0.2, 0) is 23.9 Å². The van der Waals surface area contributed by atoms with E-state index < -0.39 is 24.0 Å². The van der Waals surface area contributed by atoms with Gasteiger partial charge in [-0.05, 0) is 153 Å². The Morgan fingerprint density at radius 3 is 1.15 bits per heavy atom. The van der Waals surface area contributed by atoms with E-state index in [1.165, 1.54) is 19.5 Å². The van der Waals surface area contributed by atoms with Crippen LogP contribution in [0.2, 0.25) is 0 Å². The molecule has 0 aliphatic carbocycles. The normalized spacial score (nSPS) is 12.7. The maximum Gasteiger partial charge on any atom is 0.328 e. The Morgan fingerprint density at radius 2 is 0.823 bits per heavy atom. The van der Waals surface area contributed by atoms with E-state index in [9.17, 15) is 33.9 Å². The van der Waals surface area contributed by atoms with Crippen LogP contribution in [0.4, 0.5) is 0 Å². The number of carboxylic acids is 1. The topological polar surface area (TPSA) is 206 Å². The first-order valence-corrected chi connectivity index (χ1v) is 28.4. The standard InChI is InChI=1S/C33H47N3O4.C32H45N3O4/c1-3-4-5-6-7-8-9-10-11-12-13-14-15-16-17-18-19-25-31(37)36-30(33(39)40-2)24-20-21-27-35-32(38)29-23-22-26-34-28-29;1-2-3-4-5-6-7-8-9-10-11-12-13-14-15-16-17-18-24-30(36)35-29(32(38)39)23-19-20-26-34-31(37)28-22-21-25-33-27-28/h4-5,7-8,10-11,13-14,16-17,22-23,26,28,30H,3,6,9,12,15,18-21,24-25,27H2,1-2H3,(H,35,38)(H,36,37);3-4,6-7,9-10,12-13,15-16,21-22,25,27,29H,2,5,8,11,14,17-20,23-24,26H2,1H3,(H,34,37)(H,35,36)(H,38,39)/b5-4-,8-7-,11-10-,14-13-,17-16-;4-3-,7-6-,10-9-,13-12-,16-15-/t30-;29-/m00/s1. The van der Waals surface area contributed by atoms with Crippen molar-refractivity contribution in [2.45, 2.75) is 167 Å². The monoisotopic (exact) mass is 1080 g/mol. The van der Waals surface area contributed by atoms with Gasteiger partial charge in [-0.3, -0.25) is 29.1 Å². The molecule has 0 saturated carbocycles. The first kappa shape index (κ1) is 69.5. The van der Waals surface area contributed by atoms with E-state index in [1.54, 1.807) is 36.7 Å². The molecule has 0 bridgehead atoms. The number of unbranched alkanes of at least 4 members (excludes halogenated alkanes) is 4. The summed E-state index contributed by atoms with van der Waals surface area (Å²) in [5, 5.41) is 20.4. The van der Waals surface area contributed by atoms with Gasteiger partial charge in [-0.1, -0.05) is 135 Å². The number of pyridine rings is 2. The second kappa shape index (κ2) is 51.3. The maximum absolute atomic E-state index is 12.3. The van der Waals surface area contributed by atoms with Gasteiger partial charge in [0.2, 0.25) is 11.8 Å². The molecule has 430 valence electrons. The minimum atomic E-state index is -1.04. The van der Waals surface area contributed by atoms with Crippen LogP contribution in [0.3, 0.4) is 0 Å². The quantitative estimate of drug-likeness (QED) is 0.0242. The highest BCUT2D eigenvalue weighted by Gasteiger charge is 2.21. The van der Waals surface area contributed by atoms with Gasteiger partial charge >= 0.3 is 11.9 Å². The van der Waals surface area contributed by atoms with E-state index in [4.69, 9.17) is 4.74 Å². The number of ether oxygens (including phenoxy) is 1. The Bertz CT molecular complexity index is 2260. The molecule has 0 spiro atoms. The first-order valence-electron chi connectivity index (χ1n) is 28.4. The average Bonchev–Trinajstić information content (AvgIpc) is 3.46. The Kier molecular flexibility index (Phi) is 45.1. The molecule has 0 aliphatic heterocycles. The lowest BCUT2D eigenvalue weighted by Crippen LogP contribution is -2.41. The number of carbonyl (C=O) groups excluding carboxylic acids is 5. The zero-order chi connectivity index (χ0) is 57.5. The summed E-state index contributed by atoms with van der Waals surface area (Å²) < 4.78 is 4.85. The number of esters is 1. The van der Waals surface area contributed by atoms with Crippen LogP contribution in [0.25, 0.3) is 0 Å². The fourth-order valence-corrected chi connectivity index (χ4v) is 7.23. The number of carbonyl (C=O) groups is 6. The van der Waals surface area contributed by atoms with Crippen molar-refractivity contribution in [2.75, 3.05) is 20.2 Å². The summed E-state index contributed by atoms with van der Waals surface area (Å²) in [4.78, 5) is 80.0. The van der Waals surface area contributed by atoms with Gasteiger partial charge in [0.05, 0.1) is 18.2 Å². The molecular weight excluding hydrogens is 993 g/mol. The smallest absolute Gasteiger partial charge is 0.328 e. The van der Waals surface area contributed by atoms with Crippen molar-refractivity contribution in [3.05, 3.63) is 182 Å². The van der Waals surface area contributed by atoms with Crippen LogP contribution in [0.15, 0.2) is 171 Å². The predicted molar refractivity (Wildman–Crippen MR) is 321 cm³/mol. The minimum Gasteiger partial charge on any atom is -0.480 e. The van der Waals surface area contributed by atoms with E-state index in [-0.39, 0.29) is 23.6 Å². The molecule has 79 heavy (non-hydrogen) atoms. The molecule has 0 aromatic carbocycles. The van der Waals surface area contributed by atoms with Gasteiger partial charge in [-0.25, -0.2) is 9.59 Å². The number of amides is 4. The van der Waals surface area contributed by atoms with Gasteiger partial charge in [0, 0.05) is 50.7 Å². The number of hydrogen-bond donors (Lipinski definition) is 5.